The highest BCUT2D eigenvalue weighted by Crippen LogP contribution is 2.31. The van der Waals surface area contributed by atoms with Gasteiger partial charge in [-0.05, 0) is 37.0 Å². The normalized spacial score (nSPS) is 28.4. The molecule has 76 valence electrons. The molecule has 0 aromatic rings. The molecule has 0 aliphatic carbocycles. The highest BCUT2D eigenvalue weighted by molar-refractivity contribution is 4.88. The predicted octanol–water partition coefficient (Wildman–Crippen LogP) is 1.80. The van der Waals surface area contributed by atoms with Crippen LogP contribution in [0.3, 0.4) is 0 Å². The van der Waals surface area contributed by atoms with Crippen LogP contribution in [0.15, 0.2) is 0 Å². The molecule has 0 aromatic carbocycles. The summed E-state index contributed by atoms with van der Waals surface area (Å²) in [5, 5.41) is 3.36. The number of nitrogens with one attached hydrogen (secondary N) is 1. The van der Waals surface area contributed by atoms with Crippen LogP contribution in [-0.4, -0.2) is 26.3 Å². The van der Waals surface area contributed by atoms with Crippen LogP contribution in [0.2, 0.25) is 0 Å². The van der Waals surface area contributed by atoms with Gasteiger partial charge in [-0.2, -0.15) is 0 Å². The van der Waals surface area contributed by atoms with E-state index in [9.17, 15) is 0 Å². The van der Waals surface area contributed by atoms with Crippen molar-refractivity contribution in [2.75, 3.05) is 26.3 Å². The molecule has 0 unspecified atom stereocenters. The van der Waals surface area contributed by atoms with Crippen molar-refractivity contribution in [3.05, 3.63) is 0 Å². The predicted molar refractivity (Wildman–Crippen MR) is 53.8 cm³/mol. The quantitative estimate of drug-likeness (QED) is 0.720. The highest BCUT2D eigenvalue weighted by Gasteiger charge is 2.31. The largest absolute Gasteiger partial charge is 0.381 e. The zero-order chi connectivity index (χ0) is 9.15. The van der Waals surface area contributed by atoms with E-state index in [0.717, 1.165) is 19.1 Å². The van der Waals surface area contributed by atoms with Gasteiger partial charge in [-0.25, -0.2) is 0 Å². The van der Waals surface area contributed by atoms with Gasteiger partial charge in [0.15, 0.2) is 0 Å². The lowest BCUT2D eigenvalue weighted by atomic mass is 9.77. The summed E-state index contributed by atoms with van der Waals surface area (Å²) in [6.07, 6.45) is 5.42. The number of ether oxygens (including phenoxy) is 1. The standard InChI is InChI=1S/C11H21NO/c1-11(8-12-9-11)5-2-10-3-6-13-7-4-10/h10,12H,2-9H2,1H3. The summed E-state index contributed by atoms with van der Waals surface area (Å²) in [4.78, 5) is 0. The maximum absolute atomic E-state index is 5.36. The maximum Gasteiger partial charge on any atom is 0.0468 e. The van der Waals surface area contributed by atoms with Crippen LogP contribution in [0, 0.1) is 11.3 Å². The second-order valence-electron chi connectivity index (χ2n) is 5.01. The summed E-state index contributed by atoms with van der Waals surface area (Å²) >= 11 is 0. The van der Waals surface area contributed by atoms with Gasteiger partial charge in [-0.1, -0.05) is 6.92 Å². The molecule has 2 heteroatoms. The SMILES string of the molecule is CC1(CCC2CCOCC2)CNC1. The van der Waals surface area contributed by atoms with E-state index in [-0.39, 0.29) is 0 Å². The van der Waals surface area contributed by atoms with E-state index in [4.69, 9.17) is 4.74 Å². The molecule has 0 aromatic heterocycles. The molecule has 0 bridgehead atoms. The first-order valence-corrected chi connectivity index (χ1v) is 5.57. The molecule has 1 N–H and O–H groups in total. The van der Waals surface area contributed by atoms with Crippen molar-refractivity contribution < 1.29 is 4.74 Å². The van der Waals surface area contributed by atoms with Crippen LogP contribution in [0.1, 0.15) is 32.6 Å². The Kier molecular flexibility index (Phi) is 2.89. The van der Waals surface area contributed by atoms with Crippen molar-refractivity contribution in [1.29, 1.82) is 0 Å². The van der Waals surface area contributed by atoms with Gasteiger partial charge in [0.2, 0.25) is 0 Å². The molecule has 2 heterocycles. The first-order chi connectivity index (χ1) is 6.29. The summed E-state index contributed by atoms with van der Waals surface area (Å²) in [7, 11) is 0. The van der Waals surface area contributed by atoms with Crippen LogP contribution in [0.5, 0.6) is 0 Å². The molecule has 2 aliphatic rings. The van der Waals surface area contributed by atoms with Crippen LogP contribution in [0.4, 0.5) is 0 Å². The molecule has 0 spiro atoms. The number of hydrogen-bond acceptors (Lipinski definition) is 2. The highest BCUT2D eigenvalue weighted by atomic mass is 16.5. The minimum absolute atomic E-state index is 0.623. The minimum atomic E-state index is 0.623. The molecule has 2 fully saturated rings. The van der Waals surface area contributed by atoms with Crippen LogP contribution < -0.4 is 5.32 Å². The monoisotopic (exact) mass is 183 g/mol. The molecule has 2 saturated heterocycles. The topological polar surface area (TPSA) is 21.3 Å². The third-order valence-corrected chi connectivity index (χ3v) is 3.60. The van der Waals surface area contributed by atoms with Crippen molar-refractivity contribution >= 4 is 0 Å². The van der Waals surface area contributed by atoms with Crippen molar-refractivity contribution in [3.63, 3.8) is 0 Å². The van der Waals surface area contributed by atoms with Gasteiger partial charge in [0.25, 0.3) is 0 Å². The van der Waals surface area contributed by atoms with Crippen LogP contribution in [-0.2, 0) is 4.74 Å². The molecule has 0 radical (unpaired) electrons. The Balaban J connectivity index is 1.66. The molecule has 2 rings (SSSR count). The van der Waals surface area contributed by atoms with Gasteiger partial charge in [-0.3, -0.25) is 0 Å². The fraction of sp³-hybridized carbons (Fsp3) is 1.00. The van der Waals surface area contributed by atoms with Gasteiger partial charge in [0.1, 0.15) is 0 Å². The van der Waals surface area contributed by atoms with Crippen molar-refractivity contribution in [3.8, 4) is 0 Å². The Morgan fingerprint density at radius 1 is 1.31 bits per heavy atom. The van der Waals surface area contributed by atoms with E-state index in [1.807, 2.05) is 0 Å². The fourth-order valence-electron chi connectivity index (χ4n) is 2.32. The lowest BCUT2D eigenvalue weighted by molar-refractivity contribution is 0.0553. The van der Waals surface area contributed by atoms with Gasteiger partial charge >= 0.3 is 0 Å². The van der Waals surface area contributed by atoms with E-state index in [0.29, 0.717) is 5.41 Å². The lowest BCUT2D eigenvalue weighted by Crippen LogP contribution is -2.51. The average molecular weight is 183 g/mol. The minimum Gasteiger partial charge on any atom is -0.381 e. The Morgan fingerprint density at radius 2 is 2.00 bits per heavy atom. The molecule has 2 aliphatic heterocycles. The van der Waals surface area contributed by atoms with Crippen LogP contribution in [0.25, 0.3) is 0 Å². The Hall–Kier alpha value is -0.0800. The van der Waals surface area contributed by atoms with Gasteiger partial charge in [0.05, 0.1) is 0 Å². The summed E-state index contributed by atoms with van der Waals surface area (Å²) in [6, 6.07) is 0. The first kappa shape index (κ1) is 9.47. The van der Waals surface area contributed by atoms with Crippen molar-refractivity contribution in [2.45, 2.75) is 32.6 Å². The Labute approximate surface area is 81.0 Å². The van der Waals surface area contributed by atoms with Crippen molar-refractivity contribution in [2.24, 2.45) is 11.3 Å². The summed E-state index contributed by atoms with van der Waals surface area (Å²) in [5.74, 6) is 0.950. The summed E-state index contributed by atoms with van der Waals surface area (Å²) in [6.45, 7) is 6.87. The molecule has 2 nitrogen and oxygen atoms in total. The number of rotatable bonds is 3. The molecule has 13 heavy (non-hydrogen) atoms. The Morgan fingerprint density at radius 3 is 2.54 bits per heavy atom. The number of hydrogen-bond donors (Lipinski definition) is 1. The third-order valence-electron chi connectivity index (χ3n) is 3.60. The zero-order valence-corrected chi connectivity index (χ0v) is 8.64. The molecular weight excluding hydrogens is 162 g/mol. The van der Waals surface area contributed by atoms with Gasteiger partial charge < -0.3 is 10.1 Å². The molecule has 0 saturated carbocycles. The van der Waals surface area contributed by atoms with E-state index in [1.165, 1.54) is 38.8 Å². The summed E-state index contributed by atoms with van der Waals surface area (Å²) in [5.41, 5.74) is 0.623. The van der Waals surface area contributed by atoms with Crippen molar-refractivity contribution in [1.82, 2.24) is 5.32 Å². The molecule has 0 atom stereocenters. The van der Waals surface area contributed by atoms with Crippen LogP contribution >= 0.6 is 0 Å². The first-order valence-electron chi connectivity index (χ1n) is 5.57. The molecule has 0 amide bonds. The smallest absolute Gasteiger partial charge is 0.0468 e. The summed E-state index contributed by atoms with van der Waals surface area (Å²) < 4.78 is 5.36. The van der Waals surface area contributed by atoms with E-state index in [2.05, 4.69) is 12.2 Å². The lowest BCUT2D eigenvalue weighted by Gasteiger charge is -2.40. The fourth-order valence-corrected chi connectivity index (χ4v) is 2.32. The van der Waals surface area contributed by atoms with E-state index in [1.54, 1.807) is 0 Å². The van der Waals surface area contributed by atoms with E-state index < -0.39 is 0 Å². The third kappa shape index (κ3) is 2.44. The van der Waals surface area contributed by atoms with Gasteiger partial charge in [0, 0.05) is 26.3 Å². The zero-order valence-electron chi connectivity index (χ0n) is 8.64. The Bertz CT molecular complexity index is 159. The average Bonchev–Trinajstić information content (AvgIpc) is 2.13. The second kappa shape index (κ2) is 3.97. The van der Waals surface area contributed by atoms with E-state index >= 15 is 0 Å². The van der Waals surface area contributed by atoms with Gasteiger partial charge in [-0.15, -0.1) is 0 Å². The molecular formula is C11H21NO. The second-order valence-corrected chi connectivity index (χ2v) is 5.01. The maximum atomic E-state index is 5.36.